The van der Waals surface area contributed by atoms with Crippen molar-refractivity contribution in [2.45, 2.75) is 45.7 Å². The number of rotatable bonds is 7. The number of aryl methyl sites for hydroxylation is 3. The lowest BCUT2D eigenvalue weighted by molar-refractivity contribution is 0.457. The number of hydrogen-bond acceptors (Lipinski definition) is 3. The van der Waals surface area contributed by atoms with Crippen molar-refractivity contribution in [2.75, 3.05) is 0 Å². The van der Waals surface area contributed by atoms with Gasteiger partial charge in [0.15, 0.2) is 0 Å². The van der Waals surface area contributed by atoms with Gasteiger partial charge in [0.05, 0.1) is 11.7 Å². The molecule has 1 aromatic carbocycles. The van der Waals surface area contributed by atoms with E-state index in [1.165, 1.54) is 16.8 Å². The van der Waals surface area contributed by atoms with Gasteiger partial charge in [-0.3, -0.25) is 16.0 Å². The molecular weight excluding hydrogens is 248 g/mol. The molecule has 1 aromatic heterocycles. The van der Waals surface area contributed by atoms with Crippen LogP contribution in [0.5, 0.6) is 0 Å². The van der Waals surface area contributed by atoms with Gasteiger partial charge in [-0.2, -0.15) is 5.10 Å². The molecule has 0 aliphatic heterocycles. The van der Waals surface area contributed by atoms with Gasteiger partial charge in [0.25, 0.3) is 0 Å². The van der Waals surface area contributed by atoms with Crippen molar-refractivity contribution in [3.05, 3.63) is 53.3 Å². The van der Waals surface area contributed by atoms with Crippen LogP contribution in [0.25, 0.3) is 0 Å². The third-order valence-electron chi connectivity index (χ3n) is 3.59. The van der Waals surface area contributed by atoms with Gasteiger partial charge < -0.3 is 0 Å². The Bertz CT molecular complexity index is 516. The molecule has 0 amide bonds. The molecule has 20 heavy (non-hydrogen) atoms. The van der Waals surface area contributed by atoms with Gasteiger partial charge in [-0.25, -0.2) is 0 Å². The molecule has 0 saturated carbocycles. The Labute approximate surface area is 121 Å². The van der Waals surface area contributed by atoms with Gasteiger partial charge in [-0.05, 0) is 37.8 Å². The number of nitrogens with two attached hydrogens (primary N) is 1. The van der Waals surface area contributed by atoms with E-state index >= 15 is 0 Å². The molecule has 0 fully saturated rings. The van der Waals surface area contributed by atoms with Crippen LogP contribution in [-0.2, 0) is 13.0 Å². The van der Waals surface area contributed by atoms with Gasteiger partial charge in [0.2, 0.25) is 0 Å². The van der Waals surface area contributed by atoms with E-state index < -0.39 is 0 Å². The lowest BCUT2D eigenvalue weighted by atomic mass is 10.0. The van der Waals surface area contributed by atoms with Crippen LogP contribution >= 0.6 is 0 Å². The predicted octanol–water partition coefficient (Wildman–Crippen LogP) is 2.74. The summed E-state index contributed by atoms with van der Waals surface area (Å²) in [6, 6.07) is 10.9. The average molecular weight is 272 g/mol. The maximum atomic E-state index is 5.73. The van der Waals surface area contributed by atoms with E-state index in [0.29, 0.717) is 0 Å². The summed E-state index contributed by atoms with van der Waals surface area (Å²) in [6.45, 7) is 5.20. The van der Waals surface area contributed by atoms with E-state index in [9.17, 15) is 0 Å². The summed E-state index contributed by atoms with van der Waals surface area (Å²) in [7, 11) is 0. The molecule has 4 heteroatoms. The summed E-state index contributed by atoms with van der Waals surface area (Å²) in [5, 5.41) is 4.36. The van der Waals surface area contributed by atoms with Gasteiger partial charge >= 0.3 is 0 Å². The lowest BCUT2D eigenvalue weighted by Gasteiger charge is -2.17. The zero-order chi connectivity index (χ0) is 14.4. The Balaban J connectivity index is 2.01. The molecule has 4 nitrogen and oxygen atoms in total. The normalized spacial score (nSPS) is 12.6. The number of hydrogen-bond donors (Lipinski definition) is 2. The zero-order valence-electron chi connectivity index (χ0n) is 12.3. The average Bonchev–Trinajstić information content (AvgIpc) is 2.90. The van der Waals surface area contributed by atoms with Crippen molar-refractivity contribution in [3.8, 4) is 0 Å². The molecule has 0 aliphatic carbocycles. The minimum Gasteiger partial charge on any atom is -0.271 e. The lowest BCUT2D eigenvalue weighted by Crippen LogP contribution is -2.30. The summed E-state index contributed by atoms with van der Waals surface area (Å²) in [4.78, 5) is 0. The summed E-state index contributed by atoms with van der Waals surface area (Å²) in [5.74, 6) is 5.73. The molecule has 1 unspecified atom stereocenters. The summed E-state index contributed by atoms with van der Waals surface area (Å²) in [6.07, 6.45) is 4.90. The summed E-state index contributed by atoms with van der Waals surface area (Å²) < 4.78 is 2.04. The van der Waals surface area contributed by atoms with Crippen molar-refractivity contribution in [1.29, 1.82) is 0 Å². The van der Waals surface area contributed by atoms with E-state index in [4.69, 9.17) is 5.84 Å². The van der Waals surface area contributed by atoms with Gasteiger partial charge in [0.1, 0.15) is 0 Å². The van der Waals surface area contributed by atoms with Crippen molar-refractivity contribution < 1.29 is 0 Å². The van der Waals surface area contributed by atoms with Gasteiger partial charge in [-0.15, -0.1) is 0 Å². The third kappa shape index (κ3) is 3.68. The Kier molecular flexibility index (Phi) is 5.32. The van der Waals surface area contributed by atoms with E-state index in [1.54, 1.807) is 0 Å². The van der Waals surface area contributed by atoms with Gasteiger partial charge in [-0.1, -0.05) is 36.8 Å². The highest BCUT2D eigenvalue weighted by molar-refractivity contribution is 5.21. The maximum absolute atomic E-state index is 5.73. The number of benzene rings is 1. The fraction of sp³-hybridized carbons (Fsp3) is 0.438. The van der Waals surface area contributed by atoms with Crippen molar-refractivity contribution >= 4 is 0 Å². The Morgan fingerprint density at radius 2 is 2.00 bits per heavy atom. The highest BCUT2D eigenvalue weighted by atomic mass is 15.3. The topological polar surface area (TPSA) is 55.9 Å². The van der Waals surface area contributed by atoms with Crippen LogP contribution < -0.4 is 11.3 Å². The molecule has 3 N–H and O–H groups in total. The second kappa shape index (κ2) is 7.22. The smallest absolute Gasteiger partial charge is 0.0632 e. The Morgan fingerprint density at radius 3 is 2.65 bits per heavy atom. The highest BCUT2D eigenvalue weighted by Crippen LogP contribution is 2.19. The molecule has 0 aliphatic rings. The summed E-state index contributed by atoms with van der Waals surface area (Å²) >= 11 is 0. The number of hydrazine groups is 1. The maximum Gasteiger partial charge on any atom is 0.0632 e. The fourth-order valence-corrected chi connectivity index (χ4v) is 2.42. The molecule has 0 bridgehead atoms. The van der Waals surface area contributed by atoms with E-state index in [-0.39, 0.29) is 6.04 Å². The van der Waals surface area contributed by atoms with Crippen LogP contribution in [-0.4, -0.2) is 9.78 Å². The number of nitrogens with one attached hydrogen (secondary N) is 1. The quantitative estimate of drug-likeness (QED) is 0.602. The van der Waals surface area contributed by atoms with E-state index in [1.807, 2.05) is 10.9 Å². The minimum absolute atomic E-state index is 0.144. The molecule has 1 heterocycles. The largest absolute Gasteiger partial charge is 0.271 e. The van der Waals surface area contributed by atoms with Crippen molar-refractivity contribution in [2.24, 2.45) is 5.84 Å². The number of aromatic nitrogens is 2. The van der Waals surface area contributed by atoms with Gasteiger partial charge in [0, 0.05) is 12.7 Å². The van der Waals surface area contributed by atoms with Crippen LogP contribution in [0.1, 0.15) is 42.6 Å². The highest BCUT2D eigenvalue weighted by Gasteiger charge is 2.14. The number of nitrogens with zero attached hydrogens (tertiary/aromatic N) is 2. The first kappa shape index (κ1) is 14.8. The Morgan fingerprint density at radius 1 is 1.25 bits per heavy atom. The van der Waals surface area contributed by atoms with Crippen LogP contribution in [0.3, 0.4) is 0 Å². The second-order valence-electron chi connectivity index (χ2n) is 5.22. The molecule has 0 saturated heterocycles. The predicted molar refractivity (Wildman–Crippen MR) is 82.1 cm³/mol. The molecule has 108 valence electrons. The first-order valence-corrected chi connectivity index (χ1v) is 7.28. The standard InChI is InChI=1S/C16H24N4/c1-3-12-20-16(10-11-18-20)15(19-17)9-8-14-6-4-13(2)5-7-14/h4-7,10-11,15,19H,3,8-9,12,17H2,1-2H3. The fourth-order valence-electron chi connectivity index (χ4n) is 2.42. The molecule has 0 spiro atoms. The molecule has 2 rings (SSSR count). The van der Waals surface area contributed by atoms with E-state index in [2.05, 4.69) is 54.7 Å². The van der Waals surface area contributed by atoms with Crippen LogP contribution in [0.4, 0.5) is 0 Å². The van der Waals surface area contributed by atoms with Crippen molar-refractivity contribution in [1.82, 2.24) is 15.2 Å². The summed E-state index contributed by atoms with van der Waals surface area (Å²) in [5.41, 5.74) is 6.73. The van der Waals surface area contributed by atoms with E-state index in [0.717, 1.165) is 25.8 Å². The minimum atomic E-state index is 0.144. The Hall–Kier alpha value is -1.65. The third-order valence-corrected chi connectivity index (χ3v) is 3.59. The van der Waals surface area contributed by atoms with Crippen molar-refractivity contribution in [3.63, 3.8) is 0 Å². The van der Waals surface area contributed by atoms with Crippen LogP contribution in [0.15, 0.2) is 36.5 Å². The molecule has 0 radical (unpaired) electrons. The monoisotopic (exact) mass is 272 g/mol. The first-order chi connectivity index (χ1) is 9.74. The molecule has 1 atom stereocenters. The SMILES string of the molecule is CCCn1nccc1C(CCc1ccc(C)cc1)NN. The van der Waals surface area contributed by atoms with Crippen LogP contribution in [0.2, 0.25) is 0 Å². The second-order valence-corrected chi connectivity index (χ2v) is 5.22. The van der Waals surface area contributed by atoms with Crippen LogP contribution in [0, 0.1) is 6.92 Å². The molecule has 2 aromatic rings. The molecular formula is C16H24N4. The first-order valence-electron chi connectivity index (χ1n) is 7.28. The zero-order valence-corrected chi connectivity index (χ0v) is 12.3.